The molecule has 1 amide bonds. The van der Waals surface area contributed by atoms with Crippen molar-refractivity contribution in [1.82, 2.24) is 15.2 Å². The van der Waals surface area contributed by atoms with E-state index in [1.807, 2.05) is 59.9 Å². The highest BCUT2D eigenvalue weighted by Crippen LogP contribution is 2.51. The van der Waals surface area contributed by atoms with Gasteiger partial charge in [-0.15, -0.1) is 0 Å². The van der Waals surface area contributed by atoms with Gasteiger partial charge in [-0.05, 0) is 63.0 Å². The summed E-state index contributed by atoms with van der Waals surface area (Å²) in [5.74, 6) is 1.04. The summed E-state index contributed by atoms with van der Waals surface area (Å²) in [7, 11) is 0. The molecule has 2 aliphatic heterocycles. The molecule has 3 aromatic carbocycles. The summed E-state index contributed by atoms with van der Waals surface area (Å²) in [6.45, 7) is 3.13. The van der Waals surface area contributed by atoms with Gasteiger partial charge < -0.3 is 24.6 Å². The van der Waals surface area contributed by atoms with E-state index in [0.29, 0.717) is 35.5 Å². The zero-order chi connectivity index (χ0) is 29.9. The number of alkyl halides is 3. The van der Waals surface area contributed by atoms with Gasteiger partial charge in [-0.1, -0.05) is 59.9 Å². The van der Waals surface area contributed by atoms with Gasteiger partial charge in [0.2, 0.25) is 0 Å². The van der Waals surface area contributed by atoms with Crippen LogP contribution in [0.5, 0.6) is 11.5 Å². The van der Waals surface area contributed by atoms with Gasteiger partial charge >= 0.3 is 12.3 Å². The number of benzene rings is 3. The average molecular weight is 611 g/mol. The topological polar surface area (TPSA) is 66.9 Å². The number of hydrogen-bond acceptors (Lipinski definition) is 7. The molecule has 0 aliphatic carbocycles. The summed E-state index contributed by atoms with van der Waals surface area (Å²) in [6, 6.07) is 22.7. The molecule has 0 bridgehead atoms. The molecule has 1 N–H and O–H groups in total. The fourth-order valence-corrected chi connectivity index (χ4v) is 6.95. The van der Waals surface area contributed by atoms with Crippen molar-refractivity contribution in [3.63, 3.8) is 0 Å². The Morgan fingerprint density at radius 1 is 0.930 bits per heavy atom. The van der Waals surface area contributed by atoms with Crippen molar-refractivity contribution in [1.29, 1.82) is 0 Å². The van der Waals surface area contributed by atoms with E-state index in [1.165, 1.54) is 4.70 Å². The summed E-state index contributed by atoms with van der Waals surface area (Å²) in [5.41, 5.74) is 0.987. The van der Waals surface area contributed by atoms with Crippen molar-refractivity contribution in [2.45, 2.75) is 37.5 Å². The molecule has 0 radical (unpaired) electrons. The summed E-state index contributed by atoms with van der Waals surface area (Å²) in [4.78, 5) is 22.5. The molecule has 1 fully saturated rings. The van der Waals surface area contributed by atoms with Crippen LogP contribution in [0.1, 0.15) is 36.8 Å². The minimum atomic E-state index is -4.55. The number of ether oxygens (including phenoxy) is 2. The Hall–Kier alpha value is -3.83. The number of hydrogen-bond donors (Lipinski definition) is 1. The highest BCUT2D eigenvalue weighted by atomic mass is 32.1. The number of amides is 1. The quantitative estimate of drug-likeness (QED) is 0.211. The standard InChI is InChI=1S/C32H33F3N4O3S/c33-32(34,35)22-36-30(40)42-31(23-10-1-4-13-26(23)41-27-14-5-2-11-24(27)31)16-7-8-17-38-18-9-19-39(21-20-38)29-37-25-12-3-6-15-28(25)43-29/h1-6,10-15H,7-9,16-22H2,(H,36,40). The molecule has 0 spiro atoms. The van der Waals surface area contributed by atoms with E-state index in [2.05, 4.69) is 15.9 Å². The summed E-state index contributed by atoms with van der Waals surface area (Å²) in [5, 5.41) is 2.95. The van der Waals surface area contributed by atoms with Gasteiger partial charge in [0.1, 0.15) is 18.0 Å². The van der Waals surface area contributed by atoms with Crippen molar-refractivity contribution in [2.75, 3.05) is 44.2 Å². The van der Waals surface area contributed by atoms with Crippen molar-refractivity contribution < 1.29 is 27.4 Å². The number of para-hydroxylation sites is 3. The number of carbonyl (C=O) groups is 1. The molecule has 4 aromatic rings. The van der Waals surface area contributed by atoms with Crippen LogP contribution >= 0.6 is 11.3 Å². The number of anilines is 1. The van der Waals surface area contributed by atoms with E-state index in [9.17, 15) is 18.0 Å². The zero-order valence-electron chi connectivity index (χ0n) is 23.6. The Kier molecular flexibility index (Phi) is 8.45. The molecule has 43 heavy (non-hydrogen) atoms. The van der Waals surface area contributed by atoms with E-state index in [4.69, 9.17) is 14.5 Å². The Labute approximate surface area is 252 Å². The summed E-state index contributed by atoms with van der Waals surface area (Å²) >= 11 is 1.73. The van der Waals surface area contributed by atoms with E-state index in [-0.39, 0.29) is 0 Å². The van der Waals surface area contributed by atoms with Crippen LogP contribution in [0.3, 0.4) is 0 Å². The number of nitrogens with zero attached hydrogens (tertiary/aromatic N) is 3. The van der Waals surface area contributed by atoms with Gasteiger partial charge in [0, 0.05) is 30.8 Å². The van der Waals surface area contributed by atoms with Gasteiger partial charge in [0.25, 0.3) is 0 Å². The third-order valence-corrected chi connectivity index (χ3v) is 9.06. The Morgan fingerprint density at radius 2 is 1.63 bits per heavy atom. The maximum absolute atomic E-state index is 12.9. The Morgan fingerprint density at radius 3 is 2.35 bits per heavy atom. The fourth-order valence-electron chi connectivity index (χ4n) is 5.93. The minimum Gasteiger partial charge on any atom is -0.456 e. The van der Waals surface area contributed by atoms with Crippen LogP contribution < -0.4 is 15.0 Å². The molecule has 2 aliphatic rings. The van der Waals surface area contributed by atoms with Crippen LogP contribution in [0.15, 0.2) is 72.8 Å². The summed E-state index contributed by atoms with van der Waals surface area (Å²) < 4.78 is 51.9. The second-order valence-electron chi connectivity index (χ2n) is 10.9. The number of thiazole rings is 1. The number of fused-ring (bicyclic) bond motifs is 3. The lowest BCUT2D eigenvalue weighted by Crippen LogP contribution is -2.42. The monoisotopic (exact) mass is 610 g/mol. The molecule has 0 saturated carbocycles. The van der Waals surface area contributed by atoms with Gasteiger partial charge in [0.05, 0.1) is 10.2 Å². The Bertz CT molecular complexity index is 1500. The minimum absolute atomic E-state index is 0.398. The van der Waals surface area contributed by atoms with E-state index >= 15 is 0 Å². The predicted octanol–water partition coefficient (Wildman–Crippen LogP) is 7.32. The molecule has 11 heteroatoms. The number of alkyl carbamates (subject to hydrolysis) is 1. The lowest BCUT2D eigenvalue weighted by atomic mass is 9.79. The SMILES string of the molecule is O=C(NCC(F)(F)F)OC1(CCCCN2CCCN(c3nc4ccccc4s3)CC2)c2ccccc2Oc2ccccc21. The molecule has 1 aromatic heterocycles. The van der Waals surface area contributed by atoms with Crippen LogP contribution in [0.2, 0.25) is 0 Å². The van der Waals surface area contributed by atoms with Crippen molar-refractivity contribution in [2.24, 2.45) is 0 Å². The first-order valence-electron chi connectivity index (χ1n) is 14.5. The average Bonchev–Trinajstić information content (AvgIpc) is 3.29. The maximum Gasteiger partial charge on any atom is 0.408 e. The second-order valence-corrected chi connectivity index (χ2v) is 11.9. The number of aromatic nitrogens is 1. The number of unbranched alkanes of at least 4 members (excludes halogenated alkanes) is 1. The largest absolute Gasteiger partial charge is 0.456 e. The molecule has 7 nitrogen and oxygen atoms in total. The van der Waals surface area contributed by atoms with E-state index in [1.54, 1.807) is 23.5 Å². The van der Waals surface area contributed by atoms with Gasteiger partial charge in [-0.25, -0.2) is 9.78 Å². The van der Waals surface area contributed by atoms with E-state index < -0.39 is 24.4 Å². The first-order chi connectivity index (χ1) is 20.8. The van der Waals surface area contributed by atoms with Crippen molar-refractivity contribution >= 4 is 32.8 Å². The van der Waals surface area contributed by atoms with Crippen LogP contribution in [0, 0.1) is 0 Å². The third-order valence-electron chi connectivity index (χ3n) is 7.96. The van der Waals surface area contributed by atoms with E-state index in [0.717, 1.165) is 56.2 Å². The molecular weight excluding hydrogens is 577 g/mol. The molecular formula is C32H33F3N4O3S. The predicted molar refractivity (Wildman–Crippen MR) is 161 cm³/mol. The molecule has 0 unspecified atom stereocenters. The van der Waals surface area contributed by atoms with Gasteiger partial charge in [0.15, 0.2) is 10.7 Å². The first kappa shape index (κ1) is 29.3. The lowest BCUT2D eigenvalue weighted by molar-refractivity contribution is -0.124. The summed E-state index contributed by atoms with van der Waals surface area (Å²) in [6.07, 6.45) is -2.72. The molecule has 3 heterocycles. The van der Waals surface area contributed by atoms with Crippen molar-refractivity contribution in [3.8, 4) is 11.5 Å². The third kappa shape index (κ3) is 6.57. The highest BCUT2D eigenvalue weighted by Gasteiger charge is 2.45. The van der Waals surface area contributed by atoms with Gasteiger partial charge in [-0.2, -0.15) is 13.2 Å². The van der Waals surface area contributed by atoms with Crippen LogP contribution in [0.25, 0.3) is 10.2 Å². The second kappa shape index (κ2) is 12.4. The van der Waals surface area contributed by atoms with Crippen LogP contribution in [-0.4, -0.2) is 61.4 Å². The number of nitrogens with one attached hydrogen (secondary N) is 1. The first-order valence-corrected chi connectivity index (χ1v) is 15.4. The lowest BCUT2D eigenvalue weighted by Gasteiger charge is -2.39. The molecule has 226 valence electrons. The molecule has 0 atom stereocenters. The number of carbonyl (C=O) groups excluding carboxylic acids is 1. The van der Waals surface area contributed by atoms with Crippen molar-refractivity contribution in [3.05, 3.63) is 83.9 Å². The number of rotatable bonds is 8. The molecule has 1 saturated heterocycles. The molecule has 6 rings (SSSR count). The van der Waals surface area contributed by atoms with Crippen LogP contribution in [0.4, 0.5) is 23.1 Å². The fraction of sp³-hybridized carbons (Fsp3) is 0.375. The Balaban J connectivity index is 1.14. The zero-order valence-corrected chi connectivity index (χ0v) is 24.4. The smallest absolute Gasteiger partial charge is 0.408 e. The normalized spacial score (nSPS) is 16.6. The maximum atomic E-state index is 12.9. The number of halogens is 3. The van der Waals surface area contributed by atoms with Crippen LogP contribution in [-0.2, 0) is 10.3 Å². The highest BCUT2D eigenvalue weighted by molar-refractivity contribution is 7.22. The van der Waals surface area contributed by atoms with Gasteiger partial charge in [-0.3, -0.25) is 0 Å².